The lowest BCUT2D eigenvalue weighted by Gasteiger charge is -2.08. The Morgan fingerprint density at radius 1 is 1.21 bits per heavy atom. The van der Waals surface area contributed by atoms with Crippen LogP contribution in [0.2, 0.25) is 0 Å². The highest BCUT2D eigenvalue weighted by Crippen LogP contribution is 2.38. The second kappa shape index (κ2) is 8.24. The van der Waals surface area contributed by atoms with Gasteiger partial charge in [0.05, 0.1) is 10.2 Å². The Bertz CT molecular complexity index is 1170. The van der Waals surface area contributed by atoms with E-state index in [1.54, 1.807) is 6.20 Å². The first-order valence-electron chi connectivity index (χ1n) is 9.29. The standard InChI is InChI=1S/C23H20N4OS/c1-3-25-22(28)27-23-26-20-13-18(16-7-4-6-15(2)9-10-16)12-19(21(20)29-23)17-8-5-11-24-14-17/h4-14H,2-3H2,1H3,(H2,25,26,27,28). The highest BCUT2D eigenvalue weighted by molar-refractivity contribution is 7.22. The first-order chi connectivity index (χ1) is 14.1. The van der Waals surface area contributed by atoms with Gasteiger partial charge in [-0.15, -0.1) is 0 Å². The van der Waals surface area contributed by atoms with Crippen LogP contribution in [0.3, 0.4) is 0 Å². The summed E-state index contributed by atoms with van der Waals surface area (Å²) in [5.74, 6) is 0. The molecule has 0 radical (unpaired) electrons. The molecule has 0 saturated heterocycles. The maximum atomic E-state index is 11.9. The van der Waals surface area contributed by atoms with E-state index in [1.807, 2.05) is 49.5 Å². The molecule has 5 nitrogen and oxygen atoms in total. The Kier molecular flexibility index (Phi) is 5.35. The van der Waals surface area contributed by atoms with Gasteiger partial charge in [0.1, 0.15) is 0 Å². The summed E-state index contributed by atoms with van der Waals surface area (Å²) in [6, 6.07) is 7.88. The number of aromatic nitrogens is 2. The van der Waals surface area contributed by atoms with Crippen molar-refractivity contribution in [2.75, 3.05) is 11.9 Å². The number of fused-ring (bicyclic) bond motifs is 1. The quantitative estimate of drug-likeness (QED) is 0.602. The maximum absolute atomic E-state index is 11.9. The van der Waals surface area contributed by atoms with Gasteiger partial charge in [0.15, 0.2) is 5.13 Å². The summed E-state index contributed by atoms with van der Waals surface area (Å²) in [7, 11) is 0. The molecule has 1 aliphatic rings. The lowest BCUT2D eigenvalue weighted by molar-refractivity contribution is 0.252. The van der Waals surface area contributed by atoms with Gasteiger partial charge in [-0.2, -0.15) is 0 Å². The number of rotatable bonds is 4. The van der Waals surface area contributed by atoms with E-state index in [-0.39, 0.29) is 6.03 Å². The molecule has 29 heavy (non-hydrogen) atoms. The zero-order valence-electron chi connectivity index (χ0n) is 16.0. The lowest BCUT2D eigenvalue weighted by Crippen LogP contribution is -2.28. The highest BCUT2D eigenvalue weighted by atomic mass is 32.1. The fraction of sp³-hybridized carbons (Fsp3) is 0.0870. The number of nitrogens with zero attached hydrogens (tertiary/aromatic N) is 2. The SMILES string of the molecule is C=C1C=CC=C(c2cc(-c3cccnc3)c3sc(NC(=O)NCC)nc3c2)C=C1. The van der Waals surface area contributed by atoms with Gasteiger partial charge in [-0.1, -0.05) is 54.4 Å². The number of hydrogen-bond acceptors (Lipinski definition) is 4. The second-order valence-corrected chi connectivity index (χ2v) is 7.51. The molecular formula is C23H20N4OS. The minimum absolute atomic E-state index is 0.257. The third kappa shape index (κ3) is 4.17. The Morgan fingerprint density at radius 2 is 2.10 bits per heavy atom. The minimum Gasteiger partial charge on any atom is -0.338 e. The summed E-state index contributed by atoms with van der Waals surface area (Å²) < 4.78 is 1.01. The summed E-state index contributed by atoms with van der Waals surface area (Å²) in [5, 5.41) is 6.11. The van der Waals surface area contributed by atoms with Crippen LogP contribution in [-0.4, -0.2) is 22.5 Å². The van der Waals surface area contributed by atoms with Crippen LogP contribution in [0.25, 0.3) is 26.9 Å². The van der Waals surface area contributed by atoms with E-state index in [0.29, 0.717) is 11.7 Å². The topological polar surface area (TPSA) is 66.9 Å². The molecule has 2 aromatic heterocycles. The van der Waals surface area contributed by atoms with Crippen molar-refractivity contribution >= 4 is 38.3 Å². The van der Waals surface area contributed by atoms with Crippen molar-refractivity contribution in [2.45, 2.75) is 6.92 Å². The number of pyridine rings is 1. The molecular weight excluding hydrogens is 380 g/mol. The van der Waals surface area contributed by atoms with Crippen LogP contribution in [0, 0.1) is 0 Å². The average Bonchev–Trinajstić information content (AvgIpc) is 2.99. The molecule has 3 aromatic rings. The number of hydrogen-bond donors (Lipinski definition) is 2. The molecule has 0 bridgehead atoms. The molecule has 0 aliphatic heterocycles. The van der Waals surface area contributed by atoms with Crippen molar-refractivity contribution in [1.29, 1.82) is 0 Å². The zero-order chi connectivity index (χ0) is 20.2. The predicted molar refractivity (Wildman–Crippen MR) is 121 cm³/mol. The molecule has 2 N–H and O–H groups in total. The molecule has 144 valence electrons. The second-order valence-electron chi connectivity index (χ2n) is 6.51. The van der Waals surface area contributed by atoms with Gasteiger partial charge in [0, 0.05) is 30.1 Å². The number of benzene rings is 1. The fourth-order valence-electron chi connectivity index (χ4n) is 3.07. The maximum Gasteiger partial charge on any atom is 0.321 e. The number of amides is 2. The van der Waals surface area contributed by atoms with E-state index in [2.05, 4.69) is 45.4 Å². The molecule has 4 rings (SSSR count). The van der Waals surface area contributed by atoms with Crippen molar-refractivity contribution in [1.82, 2.24) is 15.3 Å². The molecule has 1 aromatic carbocycles. The number of allylic oxidation sites excluding steroid dienone is 7. The van der Waals surface area contributed by atoms with Crippen molar-refractivity contribution in [3.63, 3.8) is 0 Å². The molecule has 0 unspecified atom stereocenters. The van der Waals surface area contributed by atoms with Crippen LogP contribution >= 0.6 is 11.3 Å². The third-order valence-electron chi connectivity index (χ3n) is 4.42. The van der Waals surface area contributed by atoms with Crippen LogP contribution in [0.15, 0.2) is 79.2 Å². The van der Waals surface area contributed by atoms with E-state index in [4.69, 9.17) is 0 Å². The summed E-state index contributed by atoms with van der Waals surface area (Å²) in [5.41, 5.74) is 5.94. The Morgan fingerprint density at radius 3 is 2.90 bits per heavy atom. The van der Waals surface area contributed by atoms with Gasteiger partial charge in [-0.05, 0) is 41.8 Å². The Balaban J connectivity index is 1.85. The number of carbonyl (C=O) groups is 1. The summed E-state index contributed by atoms with van der Waals surface area (Å²) >= 11 is 1.46. The summed E-state index contributed by atoms with van der Waals surface area (Å²) in [4.78, 5) is 20.8. The van der Waals surface area contributed by atoms with Crippen LogP contribution in [0.1, 0.15) is 12.5 Å². The van der Waals surface area contributed by atoms with Gasteiger partial charge >= 0.3 is 6.03 Å². The largest absolute Gasteiger partial charge is 0.338 e. The van der Waals surface area contributed by atoms with Crippen LogP contribution in [-0.2, 0) is 0 Å². The van der Waals surface area contributed by atoms with Crippen LogP contribution < -0.4 is 10.6 Å². The smallest absolute Gasteiger partial charge is 0.321 e. The van der Waals surface area contributed by atoms with Crippen molar-refractivity contribution in [3.8, 4) is 11.1 Å². The Labute approximate surface area is 173 Å². The first kappa shape index (κ1) is 18.8. The van der Waals surface area contributed by atoms with Gasteiger partial charge in [0.2, 0.25) is 0 Å². The monoisotopic (exact) mass is 400 g/mol. The number of nitrogens with one attached hydrogen (secondary N) is 2. The zero-order valence-corrected chi connectivity index (χ0v) is 16.8. The van der Waals surface area contributed by atoms with Crippen molar-refractivity contribution in [2.24, 2.45) is 0 Å². The summed E-state index contributed by atoms with van der Waals surface area (Å²) in [6.45, 7) is 6.42. The number of urea groups is 1. The molecule has 6 heteroatoms. The van der Waals surface area contributed by atoms with Gasteiger partial charge < -0.3 is 5.32 Å². The lowest BCUT2D eigenvalue weighted by atomic mass is 9.98. The van der Waals surface area contributed by atoms with Crippen LogP contribution in [0.4, 0.5) is 9.93 Å². The number of anilines is 1. The fourth-order valence-corrected chi connectivity index (χ4v) is 4.04. The number of carbonyl (C=O) groups excluding carboxylic acids is 1. The van der Waals surface area contributed by atoms with E-state index in [1.165, 1.54) is 11.3 Å². The third-order valence-corrected chi connectivity index (χ3v) is 5.44. The molecule has 0 fully saturated rings. The van der Waals surface area contributed by atoms with Gasteiger partial charge in [-0.3, -0.25) is 10.3 Å². The Hall–Kier alpha value is -3.51. The molecule has 2 heterocycles. The van der Waals surface area contributed by atoms with Crippen LogP contribution in [0.5, 0.6) is 0 Å². The highest BCUT2D eigenvalue weighted by Gasteiger charge is 2.15. The molecule has 0 saturated carbocycles. The van der Waals surface area contributed by atoms with E-state index in [0.717, 1.165) is 38.1 Å². The predicted octanol–water partition coefficient (Wildman–Crippen LogP) is 5.57. The van der Waals surface area contributed by atoms with Crippen molar-refractivity contribution in [3.05, 3.63) is 84.8 Å². The van der Waals surface area contributed by atoms with Crippen molar-refractivity contribution < 1.29 is 4.79 Å². The average molecular weight is 401 g/mol. The molecule has 1 aliphatic carbocycles. The summed E-state index contributed by atoms with van der Waals surface area (Å²) in [6.07, 6.45) is 13.7. The first-order valence-corrected chi connectivity index (χ1v) is 10.1. The van der Waals surface area contributed by atoms with E-state index >= 15 is 0 Å². The molecule has 0 atom stereocenters. The molecule has 2 amide bonds. The van der Waals surface area contributed by atoms with Gasteiger partial charge in [0.25, 0.3) is 0 Å². The minimum atomic E-state index is -0.257. The van der Waals surface area contributed by atoms with Gasteiger partial charge in [-0.25, -0.2) is 9.78 Å². The normalized spacial score (nSPS) is 13.3. The number of thiazole rings is 1. The van der Waals surface area contributed by atoms with E-state index < -0.39 is 0 Å². The molecule has 0 spiro atoms. The van der Waals surface area contributed by atoms with E-state index in [9.17, 15) is 4.79 Å².